The predicted molar refractivity (Wildman–Crippen MR) is 60.2 cm³/mol. The second kappa shape index (κ2) is 4.07. The standard InChI is InChI=1S/C9H21NSi2/c11-12-10-7-3-5-8-4-1-2-6-9(8)10/h8-9H,1-7,12H2,11H3. The van der Waals surface area contributed by atoms with E-state index in [1.165, 1.54) is 35.6 Å². The summed E-state index contributed by atoms with van der Waals surface area (Å²) in [5.41, 5.74) is 0. The fourth-order valence-electron chi connectivity index (χ4n) is 3.12. The van der Waals surface area contributed by atoms with Gasteiger partial charge in [0.15, 0.2) is 0 Å². The number of hydrogen-bond donors (Lipinski definition) is 0. The largest absolute Gasteiger partial charge is 0.329 e. The number of hydrogen-bond acceptors (Lipinski definition) is 1. The molecule has 1 aliphatic heterocycles. The molecular weight excluding hydrogens is 178 g/mol. The van der Waals surface area contributed by atoms with Gasteiger partial charge in [-0.25, -0.2) is 0 Å². The summed E-state index contributed by atoms with van der Waals surface area (Å²) >= 11 is 0. The maximum Gasteiger partial charge on any atom is 0.0759 e. The molecular formula is C9H21NSi2. The van der Waals surface area contributed by atoms with Gasteiger partial charge in [0, 0.05) is 15.8 Å². The van der Waals surface area contributed by atoms with E-state index >= 15 is 0 Å². The lowest BCUT2D eigenvalue weighted by Gasteiger charge is -2.44. The van der Waals surface area contributed by atoms with Crippen LogP contribution in [0.4, 0.5) is 0 Å². The van der Waals surface area contributed by atoms with Crippen LogP contribution >= 0.6 is 0 Å². The van der Waals surface area contributed by atoms with Crippen molar-refractivity contribution in [1.82, 2.24) is 4.57 Å². The Morgan fingerprint density at radius 2 is 1.83 bits per heavy atom. The lowest BCUT2D eigenvalue weighted by molar-refractivity contribution is 0.130. The maximum absolute atomic E-state index is 2.92. The minimum absolute atomic E-state index is 0.275. The van der Waals surface area contributed by atoms with Crippen molar-refractivity contribution in [3.05, 3.63) is 0 Å². The fourth-order valence-corrected chi connectivity index (χ4v) is 6.97. The maximum atomic E-state index is 2.92. The van der Waals surface area contributed by atoms with Gasteiger partial charge < -0.3 is 4.57 Å². The normalized spacial score (nSPS) is 39.0. The Morgan fingerprint density at radius 3 is 2.67 bits per heavy atom. The van der Waals surface area contributed by atoms with Gasteiger partial charge in [-0.05, 0) is 38.1 Å². The summed E-state index contributed by atoms with van der Waals surface area (Å²) < 4.78 is 2.92. The molecule has 1 aliphatic carbocycles. The van der Waals surface area contributed by atoms with Crippen LogP contribution in [0, 0.1) is 5.92 Å². The van der Waals surface area contributed by atoms with Gasteiger partial charge >= 0.3 is 0 Å². The van der Waals surface area contributed by atoms with Crippen molar-refractivity contribution in [2.75, 3.05) is 6.54 Å². The Bertz CT molecular complexity index is 143. The van der Waals surface area contributed by atoms with E-state index in [0.717, 1.165) is 12.0 Å². The van der Waals surface area contributed by atoms with Gasteiger partial charge in [0.1, 0.15) is 0 Å². The molecule has 1 saturated carbocycles. The van der Waals surface area contributed by atoms with E-state index in [1.54, 1.807) is 19.3 Å². The number of nitrogens with zero attached hydrogens (tertiary/aromatic N) is 1. The molecule has 2 unspecified atom stereocenters. The molecule has 2 atom stereocenters. The Labute approximate surface area is 81.0 Å². The summed E-state index contributed by atoms with van der Waals surface area (Å²) in [6, 6.07) is 1.07. The molecule has 0 aromatic rings. The molecule has 0 amide bonds. The highest BCUT2D eigenvalue weighted by atomic mass is 29.1. The summed E-state index contributed by atoms with van der Waals surface area (Å²) in [5.74, 6) is 1.12. The third-order valence-electron chi connectivity index (χ3n) is 3.76. The third-order valence-corrected chi connectivity index (χ3v) is 7.80. The van der Waals surface area contributed by atoms with Crippen molar-refractivity contribution in [1.29, 1.82) is 0 Å². The lowest BCUT2D eigenvalue weighted by atomic mass is 9.79. The summed E-state index contributed by atoms with van der Waals surface area (Å²) in [4.78, 5) is 0. The van der Waals surface area contributed by atoms with E-state index in [2.05, 4.69) is 4.57 Å². The Morgan fingerprint density at radius 1 is 1.08 bits per heavy atom. The van der Waals surface area contributed by atoms with Gasteiger partial charge in [0.25, 0.3) is 0 Å². The van der Waals surface area contributed by atoms with Crippen LogP contribution in [0.3, 0.4) is 0 Å². The highest BCUT2D eigenvalue weighted by Crippen LogP contribution is 2.34. The molecule has 0 aromatic carbocycles. The van der Waals surface area contributed by atoms with E-state index < -0.39 is 0 Å². The van der Waals surface area contributed by atoms with Crippen molar-refractivity contribution >= 4 is 19.0 Å². The van der Waals surface area contributed by atoms with Gasteiger partial charge in [0.2, 0.25) is 0 Å². The van der Waals surface area contributed by atoms with Crippen LogP contribution in [0.5, 0.6) is 0 Å². The molecule has 0 radical (unpaired) electrons. The summed E-state index contributed by atoms with van der Waals surface area (Å²) in [6.45, 7) is 1.47. The molecule has 3 heteroatoms. The van der Waals surface area contributed by atoms with Crippen LogP contribution < -0.4 is 0 Å². The molecule has 0 aromatic heterocycles. The molecule has 1 nitrogen and oxygen atoms in total. The molecule has 2 aliphatic rings. The first kappa shape index (κ1) is 8.97. The summed E-state index contributed by atoms with van der Waals surface area (Å²) in [5, 5.41) is 0. The Hall–Kier alpha value is 0.394. The average molecular weight is 199 g/mol. The highest BCUT2D eigenvalue weighted by molar-refractivity contribution is 6.87. The van der Waals surface area contributed by atoms with Crippen molar-refractivity contribution in [3.63, 3.8) is 0 Å². The lowest BCUT2D eigenvalue weighted by Crippen LogP contribution is -2.48. The topological polar surface area (TPSA) is 3.24 Å². The van der Waals surface area contributed by atoms with Gasteiger partial charge in [-0.2, -0.15) is 0 Å². The number of fused-ring (bicyclic) bond motifs is 1. The minimum Gasteiger partial charge on any atom is -0.329 e. The first-order valence-electron chi connectivity index (χ1n) is 5.66. The van der Waals surface area contributed by atoms with Gasteiger partial charge in [-0.1, -0.05) is 12.8 Å². The minimum atomic E-state index is 0.275. The average Bonchev–Trinajstić information content (AvgIpc) is 2.17. The monoisotopic (exact) mass is 199 g/mol. The van der Waals surface area contributed by atoms with E-state index in [1.807, 2.05) is 0 Å². The molecule has 1 saturated heterocycles. The quantitative estimate of drug-likeness (QED) is 0.538. The Kier molecular flexibility index (Phi) is 3.04. The number of piperidine rings is 1. The molecule has 0 bridgehead atoms. The van der Waals surface area contributed by atoms with E-state index in [9.17, 15) is 0 Å². The molecule has 2 rings (SSSR count). The second-order valence-corrected chi connectivity index (χ2v) is 7.72. The molecule has 0 N–H and O–H groups in total. The van der Waals surface area contributed by atoms with Crippen molar-refractivity contribution in [2.24, 2.45) is 5.92 Å². The highest BCUT2D eigenvalue weighted by Gasteiger charge is 2.31. The predicted octanol–water partition coefficient (Wildman–Crippen LogP) is 0.00520. The van der Waals surface area contributed by atoms with Crippen molar-refractivity contribution in [2.45, 2.75) is 44.6 Å². The SMILES string of the molecule is [SiH3][SiH2]N1CCCC2CCCCC21. The molecule has 0 spiro atoms. The van der Waals surface area contributed by atoms with Gasteiger partial charge in [0.05, 0.1) is 9.20 Å². The van der Waals surface area contributed by atoms with E-state index in [-0.39, 0.29) is 9.20 Å². The molecule has 1 heterocycles. The zero-order chi connectivity index (χ0) is 8.39. The molecule has 70 valence electrons. The molecule has 12 heavy (non-hydrogen) atoms. The second-order valence-electron chi connectivity index (χ2n) is 4.38. The smallest absolute Gasteiger partial charge is 0.0759 e. The number of rotatable bonds is 1. The first-order valence-corrected chi connectivity index (χ1v) is 11.9. The Balaban J connectivity index is 1.99. The summed E-state index contributed by atoms with van der Waals surface area (Å²) in [7, 11) is 1.78. The van der Waals surface area contributed by atoms with Gasteiger partial charge in [-0.15, -0.1) is 0 Å². The van der Waals surface area contributed by atoms with Crippen LogP contribution in [-0.4, -0.2) is 36.1 Å². The van der Waals surface area contributed by atoms with Crippen LogP contribution in [0.1, 0.15) is 38.5 Å². The first-order chi connectivity index (χ1) is 5.92. The zero-order valence-corrected chi connectivity index (χ0v) is 11.7. The fraction of sp³-hybridized carbons (Fsp3) is 1.00. The van der Waals surface area contributed by atoms with E-state index in [4.69, 9.17) is 0 Å². The van der Waals surface area contributed by atoms with Crippen molar-refractivity contribution in [3.8, 4) is 0 Å². The van der Waals surface area contributed by atoms with Crippen LogP contribution in [-0.2, 0) is 0 Å². The van der Waals surface area contributed by atoms with Crippen LogP contribution in [0.15, 0.2) is 0 Å². The van der Waals surface area contributed by atoms with E-state index in [0.29, 0.717) is 0 Å². The molecule has 2 fully saturated rings. The van der Waals surface area contributed by atoms with Crippen LogP contribution in [0.2, 0.25) is 0 Å². The third kappa shape index (κ3) is 1.68. The summed E-state index contributed by atoms with van der Waals surface area (Å²) in [6.07, 6.45) is 9.20. The zero-order valence-electron chi connectivity index (χ0n) is 8.26. The van der Waals surface area contributed by atoms with Gasteiger partial charge in [-0.3, -0.25) is 0 Å². The van der Waals surface area contributed by atoms with Crippen LogP contribution in [0.25, 0.3) is 0 Å². The van der Waals surface area contributed by atoms with Crippen molar-refractivity contribution < 1.29 is 0 Å².